The monoisotopic (exact) mass is 341 g/mol. The summed E-state index contributed by atoms with van der Waals surface area (Å²) in [5, 5.41) is 10.3. The van der Waals surface area contributed by atoms with Crippen LogP contribution in [0, 0.1) is 5.82 Å². The molecule has 0 saturated carbocycles. The van der Waals surface area contributed by atoms with E-state index >= 15 is 0 Å². The number of carbonyl (C=O) groups excluding carboxylic acids is 2. The summed E-state index contributed by atoms with van der Waals surface area (Å²) >= 11 is 3.21. The van der Waals surface area contributed by atoms with Gasteiger partial charge in [-0.3, -0.25) is 9.59 Å². The van der Waals surface area contributed by atoms with Crippen molar-refractivity contribution >= 4 is 27.6 Å². The van der Waals surface area contributed by atoms with Crippen LogP contribution in [0.4, 0.5) is 4.39 Å². The van der Waals surface area contributed by atoms with Crippen LogP contribution in [0.3, 0.4) is 0 Å². The van der Waals surface area contributed by atoms with Gasteiger partial charge in [0.05, 0.1) is 11.6 Å². The maximum atomic E-state index is 14.0. The van der Waals surface area contributed by atoms with Crippen molar-refractivity contribution in [2.75, 3.05) is 11.9 Å². The molecule has 106 valence electrons. The highest BCUT2D eigenvalue weighted by Crippen LogP contribution is 2.38. The van der Waals surface area contributed by atoms with Gasteiger partial charge in [-0.15, -0.1) is 0 Å². The Hall–Kier alpha value is -1.69. The molecule has 20 heavy (non-hydrogen) atoms. The van der Waals surface area contributed by atoms with Crippen LogP contribution >= 0.6 is 15.9 Å². The van der Waals surface area contributed by atoms with E-state index in [4.69, 9.17) is 0 Å². The number of hydrogen-bond donors (Lipinski definition) is 1. The quantitative estimate of drug-likeness (QED) is 0.856. The van der Waals surface area contributed by atoms with Crippen LogP contribution in [0.1, 0.15) is 18.5 Å². The minimum atomic E-state index is -0.876. The Bertz CT molecular complexity index is 600. The number of amides is 1. The van der Waals surface area contributed by atoms with Gasteiger partial charge in [0.25, 0.3) is 5.91 Å². The molecule has 0 bridgehead atoms. The zero-order valence-electron chi connectivity index (χ0n) is 10.8. The molecular formula is C14H13BrFNO3. The standard InChI is InChI=1S/C14H13BrFNO3/c1-8(18)11-12(9-4-2-3-5-10(9)16)17(7-6-15)14(20)13(11)19/h2-5,12,19H,6-7H2,1H3/t12-/m1/s1. The molecule has 0 aliphatic carbocycles. The predicted molar refractivity (Wildman–Crippen MR) is 75.0 cm³/mol. The molecule has 0 radical (unpaired) electrons. The van der Waals surface area contributed by atoms with Crippen molar-refractivity contribution in [1.29, 1.82) is 0 Å². The van der Waals surface area contributed by atoms with Gasteiger partial charge in [-0.05, 0) is 13.0 Å². The van der Waals surface area contributed by atoms with Gasteiger partial charge in [-0.2, -0.15) is 0 Å². The fourth-order valence-corrected chi connectivity index (χ4v) is 2.74. The van der Waals surface area contributed by atoms with Crippen molar-refractivity contribution in [3.63, 3.8) is 0 Å². The number of aliphatic hydroxyl groups is 1. The second-order valence-corrected chi connectivity index (χ2v) is 5.22. The molecule has 1 atom stereocenters. The van der Waals surface area contributed by atoms with Gasteiger partial charge in [0.1, 0.15) is 5.82 Å². The zero-order chi connectivity index (χ0) is 14.9. The van der Waals surface area contributed by atoms with Crippen molar-refractivity contribution in [2.24, 2.45) is 0 Å². The van der Waals surface area contributed by atoms with Crippen LogP contribution in [-0.4, -0.2) is 33.6 Å². The fraction of sp³-hybridized carbons (Fsp3) is 0.286. The Balaban J connectivity index is 2.58. The van der Waals surface area contributed by atoms with Crippen molar-refractivity contribution in [1.82, 2.24) is 4.90 Å². The Morgan fingerprint density at radius 2 is 2.10 bits per heavy atom. The van der Waals surface area contributed by atoms with Gasteiger partial charge in [-0.1, -0.05) is 34.1 Å². The number of hydrogen-bond acceptors (Lipinski definition) is 3. The normalized spacial score (nSPS) is 18.9. The number of ketones is 1. The second-order valence-electron chi connectivity index (χ2n) is 4.43. The van der Waals surface area contributed by atoms with Gasteiger partial charge >= 0.3 is 0 Å². The number of carbonyl (C=O) groups is 2. The Morgan fingerprint density at radius 1 is 1.45 bits per heavy atom. The summed E-state index contributed by atoms with van der Waals surface area (Å²) in [4.78, 5) is 25.0. The molecule has 1 aliphatic heterocycles. The lowest BCUT2D eigenvalue weighted by molar-refractivity contribution is -0.129. The van der Waals surface area contributed by atoms with Gasteiger partial charge in [0.2, 0.25) is 0 Å². The van der Waals surface area contributed by atoms with Gasteiger partial charge in [0, 0.05) is 17.4 Å². The van der Waals surface area contributed by atoms with Crippen LogP contribution < -0.4 is 0 Å². The largest absolute Gasteiger partial charge is 0.503 e. The highest BCUT2D eigenvalue weighted by Gasteiger charge is 2.42. The predicted octanol–water partition coefficient (Wildman–Crippen LogP) is 2.51. The summed E-state index contributed by atoms with van der Waals surface area (Å²) in [6.45, 7) is 1.52. The lowest BCUT2D eigenvalue weighted by Crippen LogP contribution is -2.33. The van der Waals surface area contributed by atoms with Gasteiger partial charge in [0.15, 0.2) is 11.5 Å². The average molecular weight is 342 g/mol. The molecule has 1 N–H and O–H groups in total. The highest BCUT2D eigenvalue weighted by atomic mass is 79.9. The Morgan fingerprint density at radius 3 is 2.65 bits per heavy atom. The first-order valence-electron chi connectivity index (χ1n) is 6.04. The first-order chi connectivity index (χ1) is 9.49. The minimum absolute atomic E-state index is 0.0546. The van der Waals surface area contributed by atoms with E-state index in [1.165, 1.54) is 30.0 Å². The third-order valence-corrected chi connectivity index (χ3v) is 3.56. The molecule has 0 spiro atoms. The highest BCUT2D eigenvalue weighted by molar-refractivity contribution is 9.09. The third-order valence-electron chi connectivity index (χ3n) is 3.21. The Labute approximate surface area is 124 Å². The topological polar surface area (TPSA) is 57.6 Å². The van der Waals surface area contributed by atoms with Crippen LogP contribution in [0.2, 0.25) is 0 Å². The first-order valence-corrected chi connectivity index (χ1v) is 7.16. The van der Waals surface area contributed by atoms with E-state index in [0.29, 0.717) is 5.33 Å². The smallest absolute Gasteiger partial charge is 0.290 e. The summed E-state index contributed by atoms with van der Waals surface area (Å²) in [5.41, 5.74) is 0.150. The summed E-state index contributed by atoms with van der Waals surface area (Å²) < 4.78 is 14.0. The summed E-state index contributed by atoms with van der Waals surface area (Å²) in [6.07, 6.45) is 0. The van der Waals surface area contributed by atoms with E-state index < -0.39 is 29.3 Å². The molecule has 2 rings (SSSR count). The molecular weight excluding hydrogens is 329 g/mol. The molecule has 0 unspecified atom stereocenters. The zero-order valence-corrected chi connectivity index (χ0v) is 12.4. The van der Waals surface area contributed by atoms with Crippen LogP contribution in [-0.2, 0) is 9.59 Å². The first kappa shape index (κ1) is 14.7. The van der Waals surface area contributed by atoms with E-state index in [2.05, 4.69) is 15.9 Å². The minimum Gasteiger partial charge on any atom is -0.503 e. The van der Waals surface area contributed by atoms with E-state index in [9.17, 15) is 19.1 Å². The second kappa shape index (κ2) is 5.75. The van der Waals surface area contributed by atoms with Crippen molar-refractivity contribution in [2.45, 2.75) is 13.0 Å². The van der Waals surface area contributed by atoms with E-state index in [-0.39, 0.29) is 17.7 Å². The van der Waals surface area contributed by atoms with Crippen LogP contribution in [0.5, 0.6) is 0 Å². The number of aliphatic hydroxyl groups excluding tert-OH is 1. The lowest BCUT2D eigenvalue weighted by Gasteiger charge is -2.26. The van der Waals surface area contributed by atoms with E-state index in [0.717, 1.165) is 0 Å². The van der Waals surface area contributed by atoms with Crippen LogP contribution in [0.15, 0.2) is 35.6 Å². The van der Waals surface area contributed by atoms with E-state index in [1.54, 1.807) is 6.07 Å². The lowest BCUT2D eigenvalue weighted by atomic mass is 9.96. The average Bonchev–Trinajstić information content (AvgIpc) is 2.65. The molecule has 6 heteroatoms. The molecule has 0 fully saturated rings. The van der Waals surface area contributed by atoms with Crippen molar-refractivity contribution < 1.29 is 19.1 Å². The maximum absolute atomic E-state index is 14.0. The molecule has 4 nitrogen and oxygen atoms in total. The van der Waals surface area contributed by atoms with Crippen LogP contribution in [0.25, 0.3) is 0 Å². The summed E-state index contributed by atoms with van der Waals surface area (Å²) in [5.74, 6) is -2.20. The van der Waals surface area contributed by atoms with Gasteiger partial charge in [-0.25, -0.2) is 4.39 Å². The number of alkyl halides is 1. The molecule has 1 aromatic rings. The number of rotatable bonds is 4. The molecule has 1 aromatic carbocycles. The van der Waals surface area contributed by atoms with Crippen molar-refractivity contribution in [3.8, 4) is 0 Å². The Kier molecular flexibility index (Phi) is 4.23. The number of halogens is 2. The molecule has 0 saturated heterocycles. The number of Topliss-reactive ketones (excluding diaryl/α,β-unsaturated/α-hetero) is 1. The summed E-state index contributed by atoms with van der Waals surface area (Å²) in [6, 6.07) is 5.05. The molecule has 0 aromatic heterocycles. The maximum Gasteiger partial charge on any atom is 0.290 e. The van der Waals surface area contributed by atoms with Gasteiger partial charge < -0.3 is 10.0 Å². The summed E-state index contributed by atoms with van der Waals surface area (Å²) in [7, 11) is 0. The number of benzene rings is 1. The fourth-order valence-electron chi connectivity index (χ4n) is 2.36. The van der Waals surface area contributed by atoms with Crippen molar-refractivity contribution in [3.05, 3.63) is 47.0 Å². The number of nitrogens with zero attached hydrogens (tertiary/aromatic N) is 1. The SMILES string of the molecule is CC(=O)C1=C(O)C(=O)N(CCBr)[C@@H]1c1ccccc1F. The third kappa shape index (κ3) is 2.35. The molecule has 1 amide bonds. The molecule has 1 aliphatic rings. The molecule has 1 heterocycles. The van der Waals surface area contributed by atoms with E-state index in [1.807, 2.05) is 0 Å².